The summed E-state index contributed by atoms with van der Waals surface area (Å²) < 4.78 is 29.4. The predicted molar refractivity (Wildman–Crippen MR) is 118 cm³/mol. The van der Waals surface area contributed by atoms with E-state index >= 15 is 0 Å². The Morgan fingerprint density at radius 2 is 1.72 bits per heavy atom. The van der Waals surface area contributed by atoms with Gasteiger partial charge >= 0.3 is 0 Å². The zero-order chi connectivity index (χ0) is 22.7. The molecule has 0 atom stereocenters. The molecule has 0 aliphatic carbocycles. The maximum atomic E-state index is 13.5. The van der Waals surface area contributed by atoms with Crippen LogP contribution in [0.25, 0.3) is 5.57 Å². The largest absolute Gasteiger partial charge is 0.493 e. The van der Waals surface area contributed by atoms with Crippen LogP contribution >= 0.6 is 11.8 Å². The number of carbonyl (C=O) groups is 2. The van der Waals surface area contributed by atoms with Crippen molar-refractivity contribution in [3.63, 3.8) is 0 Å². The van der Waals surface area contributed by atoms with Gasteiger partial charge in [-0.2, -0.15) is 0 Å². The fourth-order valence-electron chi connectivity index (χ4n) is 3.40. The standard InChI is InChI=1S/C24H20FNO5S/c1-29-19-10-5-15(12-20(19)30-2)13-26-23(27)21(16-6-8-17(25)9-7-16)22(24(26)28)32-14-18-4-3-11-31-18/h3-12H,13-14H2,1-2H3. The Hall–Kier alpha value is -3.52. The van der Waals surface area contributed by atoms with E-state index < -0.39 is 17.6 Å². The van der Waals surface area contributed by atoms with Gasteiger partial charge in [-0.15, -0.1) is 11.8 Å². The summed E-state index contributed by atoms with van der Waals surface area (Å²) in [5.41, 5.74) is 1.45. The molecule has 0 saturated heterocycles. The number of amides is 2. The van der Waals surface area contributed by atoms with E-state index in [9.17, 15) is 14.0 Å². The fraction of sp³-hybridized carbons (Fsp3) is 0.167. The smallest absolute Gasteiger partial charge is 0.268 e. The highest BCUT2D eigenvalue weighted by Crippen LogP contribution is 2.39. The molecule has 0 spiro atoms. The van der Waals surface area contributed by atoms with Crippen molar-refractivity contribution in [2.24, 2.45) is 0 Å². The van der Waals surface area contributed by atoms with E-state index in [1.807, 2.05) is 0 Å². The molecule has 164 valence electrons. The van der Waals surface area contributed by atoms with E-state index in [1.165, 1.54) is 55.1 Å². The molecule has 3 aromatic rings. The van der Waals surface area contributed by atoms with Crippen LogP contribution in [0.5, 0.6) is 11.5 Å². The average Bonchev–Trinajstić information content (AvgIpc) is 3.40. The maximum absolute atomic E-state index is 13.5. The second-order valence-corrected chi connectivity index (χ2v) is 7.95. The van der Waals surface area contributed by atoms with E-state index in [4.69, 9.17) is 13.9 Å². The molecule has 1 aromatic heterocycles. The number of hydrogen-bond donors (Lipinski definition) is 0. The highest BCUT2D eigenvalue weighted by molar-refractivity contribution is 8.03. The number of hydrogen-bond acceptors (Lipinski definition) is 6. The third kappa shape index (κ3) is 4.27. The van der Waals surface area contributed by atoms with Crippen LogP contribution in [-0.4, -0.2) is 30.9 Å². The molecule has 0 radical (unpaired) electrons. The van der Waals surface area contributed by atoms with Crippen molar-refractivity contribution in [3.05, 3.63) is 88.5 Å². The van der Waals surface area contributed by atoms with Crippen molar-refractivity contribution in [1.82, 2.24) is 4.90 Å². The van der Waals surface area contributed by atoms with Gasteiger partial charge in [-0.1, -0.05) is 18.2 Å². The minimum absolute atomic E-state index is 0.0630. The summed E-state index contributed by atoms with van der Waals surface area (Å²) in [6.45, 7) is 0.0630. The summed E-state index contributed by atoms with van der Waals surface area (Å²) in [6, 6.07) is 14.3. The first-order valence-corrected chi connectivity index (χ1v) is 10.7. The topological polar surface area (TPSA) is 69.0 Å². The number of halogens is 1. The molecule has 1 aliphatic rings. The lowest BCUT2D eigenvalue weighted by atomic mass is 10.1. The Bertz CT molecular complexity index is 1170. The number of nitrogens with zero attached hydrogens (tertiary/aromatic N) is 1. The van der Waals surface area contributed by atoms with Crippen LogP contribution in [0.2, 0.25) is 0 Å². The Morgan fingerprint density at radius 1 is 0.969 bits per heavy atom. The quantitative estimate of drug-likeness (QED) is 0.463. The van der Waals surface area contributed by atoms with E-state index in [2.05, 4.69) is 0 Å². The molecule has 0 bridgehead atoms. The van der Waals surface area contributed by atoms with Gasteiger partial charge in [-0.3, -0.25) is 14.5 Å². The van der Waals surface area contributed by atoms with Gasteiger partial charge in [0.2, 0.25) is 0 Å². The molecular formula is C24H20FNO5S. The Kier molecular flexibility index (Phi) is 6.32. The average molecular weight is 453 g/mol. The molecule has 0 fully saturated rings. The third-order valence-corrected chi connectivity index (χ3v) is 6.08. The minimum atomic E-state index is -0.432. The van der Waals surface area contributed by atoms with Crippen LogP contribution in [0.1, 0.15) is 16.9 Å². The number of methoxy groups -OCH3 is 2. The summed E-state index contributed by atoms with van der Waals surface area (Å²) in [7, 11) is 3.05. The minimum Gasteiger partial charge on any atom is -0.493 e. The second kappa shape index (κ2) is 9.32. The highest BCUT2D eigenvalue weighted by atomic mass is 32.2. The summed E-state index contributed by atoms with van der Waals surface area (Å²) in [4.78, 5) is 28.1. The molecule has 0 unspecified atom stereocenters. The summed E-state index contributed by atoms with van der Waals surface area (Å²) >= 11 is 1.22. The molecule has 4 rings (SSSR count). The molecule has 0 N–H and O–H groups in total. The fourth-order valence-corrected chi connectivity index (χ4v) is 4.44. The molecule has 2 amide bonds. The van der Waals surface area contributed by atoms with Crippen molar-refractivity contribution < 1.29 is 27.9 Å². The first-order valence-electron chi connectivity index (χ1n) is 9.74. The zero-order valence-electron chi connectivity index (χ0n) is 17.5. The van der Waals surface area contributed by atoms with Crippen LogP contribution in [0.3, 0.4) is 0 Å². The van der Waals surface area contributed by atoms with Crippen LogP contribution < -0.4 is 9.47 Å². The first-order chi connectivity index (χ1) is 15.5. The van der Waals surface area contributed by atoms with Gasteiger partial charge in [-0.05, 0) is 47.5 Å². The van der Waals surface area contributed by atoms with Crippen molar-refractivity contribution in [3.8, 4) is 11.5 Å². The third-order valence-electron chi connectivity index (χ3n) is 4.99. The number of carbonyl (C=O) groups excluding carboxylic acids is 2. The number of thioether (sulfide) groups is 1. The number of furan rings is 1. The Labute approximate surface area is 188 Å². The van der Waals surface area contributed by atoms with E-state index in [0.29, 0.717) is 39.0 Å². The van der Waals surface area contributed by atoms with Crippen LogP contribution in [0.4, 0.5) is 4.39 Å². The van der Waals surface area contributed by atoms with Crippen molar-refractivity contribution in [1.29, 1.82) is 0 Å². The molecule has 32 heavy (non-hydrogen) atoms. The van der Waals surface area contributed by atoms with Gasteiger partial charge in [-0.25, -0.2) is 4.39 Å². The molecular weight excluding hydrogens is 433 g/mol. The van der Waals surface area contributed by atoms with Gasteiger partial charge < -0.3 is 13.9 Å². The van der Waals surface area contributed by atoms with Gasteiger partial charge in [0.15, 0.2) is 11.5 Å². The van der Waals surface area contributed by atoms with Crippen molar-refractivity contribution in [2.75, 3.05) is 14.2 Å². The van der Waals surface area contributed by atoms with Gasteiger partial charge in [0.25, 0.3) is 11.8 Å². The maximum Gasteiger partial charge on any atom is 0.268 e. The molecule has 2 heterocycles. The number of imide groups is 1. The monoisotopic (exact) mass is 453 g/mol. The summed E-state index contributed by atoms with van der Waals surface area (Å²) in [6.07, 6.45) is 1.55. The molecule has 0 saturated carbocycles. The van der Waals surface area contributed by atoms with Gasteiger partial charge in [0, 0.05) is 0 Å². The van der Waals surface area contributed by atoms with Crippen LogP contribution in [0, 0.1) is 5.82 Å². The molecule has 1 aliphatic heterocycles. The lowest BCUT2D eigenvalue weighted by Crippen LogP contribution is -2.31. The van der Waals surface area contributed by atoms with Gasteiger partial charge in [0.05, 0.1) is 43.3 Å². The Balaban J connectivity index is 1.65. The normalized spacial score (nSPS) is 13.8. The number of ether oxygens (including phenoxy) is 2. The zero-order valence-corrected chi connectivity index (χ0v) is 18.3. The second-order valence-electron chi connectivity index (χ2n) is 6.96. The van der Waals surface area contributed by atoms with E-state index in [1.54, 1.807) is 36.6 Å². The molecule has 6 nitrogen and oxygen atoms in total. The van der Waals surface area contributed by atoms with E-state index in [0.717, 1.165) is 0 Å². The lowest BCUT2D eigenvalue weighted by molar-refractivity contribution is -0.137. The number of rotatable bonds is 8. The van der Waals surface area contributed by atoms with Gasteiger partial charge in [0.1, 0.15) is 11.6 Å². The van der Waals surface area contributed by atoms with Crippen LogP contribution in [-0.2, 0) is 21.9 Å². The first kappa shape index (κ1) is 21.7. The SMILES string of the molecule is COc1ccc(CN2C(=O)C(SCc3ccco3)=C(c3ccc(F)cc3)C2=O)cc1OC. The summed E-state index contributed by atoms with van der Waals surface area (Å²) in [5, 5.41) is 0. The van der Waals surface area contributed by atoms with Crippen molar-refractivity contribution >= 4 is 29.1 Å². The molecule has 2 aromatic carbocycles. The predicted octanol–water partition coefficient (Wildman–Crippen LogP) is 4.65. The van der Waals surface area contributed by atoms with Crippen LogP contribution in [0.15, 0.2) is 70.2 Å². The molecule has 8 heteroatoms. The van der Waals surface area contributed by atoms with E-state index in [-0.39, 0.29) is 12.1 Å². The lowest BCUT2D eigenvalue weighted by Gasteiger charge is -2.16. The summed E-state index contributed by atoms with van der Waals surface area (Å²) in [5.74, 6) is 0.867. The highest BCUT2D eigenvalue weighted by Gasteiger charge is 2.39. The van der Waals surface area contributed by atoms with Crippen molar-refractivity contribution in [2.45, 2.75) is 12.3 Å². The number of benzene rings is 2. The Morgan fingerprint density at radius 3 is 2.38 bits per heavy atom.